The summed E-state index contributed by atoms with van der Waals surface area (Å²) in [5.74, 6) is -2.68. The zero-order valence-corrected chi connectivity index (χ0v) is 18.7. The number of anilines is 1. The van der Waals surface area contributed by atoms with Gasteiger partial charge in [0.2, 0.25) is 5.91 Å². The third-order valence-corrected chi connectivity index (χ3v) is 7.59. The number of benzene rings is 2. The van der Waals surface area contributed by atoms with Crippen LogP contribution in [0.4, 0.5) is 18.9 Å². The minimum Gasteiger partial charge on any atom is -0.507 e. The minimum absolute atomic E-state index is 0.0825. The Morgan fingerprint density at radius 2 is 1.97 bits per heavy atom. The van der Waals surface area contributed by atoms with Crippen LogP contribution < -0.4 is 14.8 Å². The zero-order valence-electron chi connectivity index (χ0n) is 17.0. The predicted molar refractivity (Wildman–Crippen MR) is 114 cm³/mol. The molecule has 3 N–H and O–H groups in total. The Labute approximate surface area is 195 Å². The molecule has 2 aliphatic rings. The molecule has 2 amide bonds. The summed E-state index contributed by atoms with van der Waals surface area (Å²) in [5, 5.41) is 12.9. The fraction of sp³-hybridized carbons (Fsp3) is 0.200. The number of ether oxygens (including phenoxy) is 1. The van der Waals surface area contributed by atoms with Gasteiger partial charge in [-0.2, -0.15) is 0 Å². The molecule has 180 valence electrons. The van der Waals surface area contributed by atoms with Crippen molar-refractivity contribution in [3.63, 3.8) is 0 Å². The normalized spacial score (nSPS) is 21.1. The molecule has 2 aromatic rings. The third-order valence-electron chi connectivity index (χ3n) is 4.95. The monoisotopic (exact) mass is 515 g/mol. The van der Waals surface area contributed by atoms with Crippen LogP contribution in [-0.4, -0.2) is 42.0 Å². The lowest BCUT2D eigenvalue weighted by Crippen LogP contribution is -2.50. The number of piperidine rings is 1. The van der Waals surface area contributed by atoms with Crippen molar-refractivity contribution in [3.05, 3.63) is 54.2 Å². The lowest BCUT2D eigenvalue weighted by molar-refractivity contribution is -0.275. The average Bonchev–Trinajstić information content (AvgIpc) is 2.98. The number of alkyl halides is 3. The van der Waals surface area contributed by atoms with Gasteiger partial charge in [-0.3, -0.25) is 9.59 Å². The lowest BCUT2D eigenvalue weighted by Gasteiger charge is -2.29. The van der Waals surface area contributed by atoms with Gasteiger partial charge in [-0.25, -0.2) is 12.7 Å². The molecule has 0 spiro atoms. The first-order chi connectivity index (χ1) is 16.0. The summed E-state index contributed by atoms with van der Waals surface area (Å²) < 4.78 is 70.9. The number of aromatic hydroxyl groups is 1. The van der Waals surface area contributed by atoms with Crippen molar-refractivity contribution < 1.29 is 41.0 Å². The van der Waals surface area contributed by atoms with Crippen LogP contribution in [0, 0.1) is 0 Å². The number of carbonyl (C=O) groups is 2. The van der Waals surface area contributed by atoms with E-state index in [9.17, 15) is 36.3 Å². The number of hydrogen-bond acceptors (Lipinski definition) is 6. The maximum atomic E-state index is 13.1. The highest BCUT2D eigenvalue weighted by Crippen LogP contribution is 2.39. The van der Waals surface area contributed by atoms with E-state index in [0.717, 1.165) is 22.5 Å². The number of halogens is 3. The fourth-order valence-electron chi connectivity index (χ4n) is 3.52. The van der Waals surface area contributed by atoms with Crippen molar-refractivity contribution in [1.29, 1.82) is 0 Å². The molecule has 1 saturated heterocycles. The molecule has 9 nitrogen and oxygen atoms in total. The molecular formula is C20H16F3N3O6S2. The number of rotatable bonds is 5. The second-order valence-electron chi connectivity index (χ2n) is 7.26. The largest absolute Gasteiger partial charge is 0.573 e. The molecule has 0 saturated carbocycles. The van der Waals surface area contributed by atoms with E-state index in [4.69, 9.17) is 0 Å². The van der Waals surface area contributed by atoms with Gasteiger partial charge < -0.3 is 19.9 Å². The van der Waals surface area contributed by atoms with Gasteiger partial charge in [-0.05, 0) is 31.0 Å². The lowest BCUT2D eigenvalue weighted by atomic mass is 10.0. The molecule has 0 bridgehead atoms. The number of allylic oxidation sites excluding steroid dienone is 1. The first kappa shape index (κ1) is 23.8. The second kappa shape index (κ2) is 8.76. The number of amides is 2. The molecule has 2 heterocycles. The van der Waals surface area contributed by atoms with Gasteiger partial charge in [-0.1, -0.05) is 18.7 Å². The van der Waals surface area contributed by atoms with Crippen molar-refractivity contribution in [2.24, 2.45) is 0 Å². The van der Waals surface area contributed by atoms with Crippen LogP contribution in [-0.2, 0) is 26.8 Å². The van der Waals surface area contributed by atoms with Crippen LogP contribution in [0.2, 0.25) is 0 Å². The van der Waals surface area contributed by atoms with E-state index in [1.165, 1.54) is 18.2 Å². The Kier molecular flexibility index (Phi) is 6.12. The van der Waals surface area contributed by atoms with Crippen molar-refractivity contribution in [1.82, 2.24) is 9.62 Å². The molecule has 34 heavy (non-hydrogen) atoms. The number of fused-ring (bicyclic) bond motifs is 1. The smallest absolute Gasteiger partial charge is 0.507 e. The minimum atomic E-state index is -5.01. The maximum absolute atomic E-state index is 13.1. The van der Waals surface area contributed by atoms with Crippen LogP contribution in [0.5, 0.6) is 11.5 Å². The Balaban J connectivity index is 1.62. The highest BCUT2D eigenvalue weighted by atomic mass is 32.2. The molecule has 3 unspecified atom stereocenters. The van der Waals surface area contributed by atoms with Crippen LogP contribution in [0.25, 0.3) is 0 Å². The van der Waals surface area contributed by atoms with Gasteiger partial charge in [0, 0.05) is 11.8 Å². The SMILES string of the molecule is C=C1CCC(N2C(=O)c3c(O)cc(NS(=O)c4ccccc4OC(F)(F)F)cc3S2=O)C(=O)N1. The molecule has 14 heteroatoms. The Morgan fingerprint density at radius 1 is 1.26 bits per heavy atom. The summed E-state index contributed by atoms with van der Waals surface area (Å²) in [7, 11) is -4.46. The summed E-state index contributed by atoms with van der Waals surface area (Å²) >= 11 is 0. The molecular weight excluding hydrogens is 499 g/mol. The molecule has 0 radical (unpaired) electrons. The maximum Gasteiger partial charge on any atom is 0.573 e. The number of hydrogen-bond donors (Lipinski definition) is 3. The Morgan fingerprint density at radius 3 is 2.65 bits per heavy atom. The number of nitrogens with zero attached hydrogens (tertiary/aromatic N) is 1. The average molecular weight is 515 g/mol. The highest BCUT2D eigenvalue weighted by molar-refractivity contribution is 7.86. The first-order valence-corrected chi connectivity index (χ1v) is 11.9. The third kappa shape index (κ3) is 4.50. The van der Waals surface area contributed by atoms with Crippen molar-refractivity contribution in [3.8, 4) is 11.5 Å². The van der Waals surface area contributed by atoms with Crippen molar-refractivity contribution in [2.45, 2.75) is 35.0 Å². The molecule has 0 aliphatic carbocycles. The van der Waals surface area contributed by atoms with E-state index in [1.54, 1.807) is 0 Å². The molecule has 2 aromatic carbocycles. The first-order valence-electron chi connectivity index (χ1n) is 9.60. The molecule has 4 rings (SSSR count). The van der Waals surface area contributed by atoms with Gasteiger partial charge in [0.25, 0.3) is 5.91 Å². The summed E-state index contributed by atoms with van der Waals surface area (Å²) in [5.41, 5.74) is 0.0938. The van der Waals surface area contributed by atoms with Crippen LogP contribution in [0.3, 0.4) is 0 Å². The molecule has 2 aliphatic heterocycles. The van der Waals surface area contributed by atoms with Gasteiger partial charge in [0.15, 0.2) is 22.0 Å². The highest BCUT2D eigenvalue weighted by Gasteiger charge is 2.45. The number of para-hydroxylation sites is 1. The van der Waals surface area contributed by atoms with Crippen LogP contribution in [0.1, 0.15) is 23.2 Å². The van der Waals surface area contributed by atoms with E-state index in [1.807, 2.05) is 0 Å². The van der Waals surface area contributed by atoms with Gasteiger partial charge in [0.05, 0.1) is 10.6 Å². The predicted octanol–water partition coefficient (Wildman–Crippen LogP) is 2.70. The number of nitrogens with one attached hydrogen (secondary N) is 2. The van der Waals surface area contributed by atoms with E-state index < -0.39 is 57.7 Å². The van der Waals surface area contributed by atoms with E-state index >= 15 is 0 Å². The summed E-state index contributed by atoms with van der Waals surface area (Å²) in [6, 6.07) is 5.90. The molecule has 3 atom stereocenters. The standard InChI is InChI=1S/C20H16F3N3O6S2/c1-10-6-7-12(18(28)24-10)26-19(29)17-13(27)8-11(9-16(17)34(26)31)25-33(30)15-5-3-2-4-14(15)32-20(21,22)23/h2-5,8-9,12,25,27H,1,6-7H2,(H,24,28). The van der Waals surface area contributed by atoms with Crippen molar-refractivity contribution in [2.75, 3.05) is 4.72 Å². The summed E-state index contributed by atoms with van der Waals surface area (Å²) in [6.07, 6.45) is -4.46. The van der Waals surface area contributed by atoms with Crippen LogP contribution in [0.15, 0.2) is 58.5 Å². The quantitative estimate of drug-likeness (QED) is 0.563. The summed E-state index contributed by atoms with van der Waals surface area (Å²) in [4.78, 5) is 24.7. The van der Waals surface area contributed by atoms with E-state index in [0.29, 0.717) is 12.1 Å². The van der Waals surface area contributed by atoms with Gasteiger partial charge in [-0.15, -0.1) is 13.2 Å². The van der Waals surface area contributed by atoms with Gasteiger partial charge in [0.1, 0.15) is 28.0 Å². The number of phenolic OH excluding ortho intramolecular Hbond substituents is 1. The van der Waals surface area contributed by atoms with Crippen LogP contribution >= 0.6 is 0 Å². The number of carbonyl (C=O) groups excluding carboxylic acids is 2. The topological polar surface area (TPSA) is 125 Å². The van der Waals surface area contributed by atoms with Gasteiger partial charge >= 0.3 is 6.36 Å². The van der Waals surface area contributed by atoms with E-state index in [-0.39, 0.29) is 27.5 Å². The van der Waals surface area contributed by atoms with E-state index in [2.05, 4.69) is 21.4 Å². The molecule has 0 aromatic heterocycles. The zero-order chi connectivity index (χ0) is 24.8. The summed E-state index contributed by atoms with van der Waals surface area (Å²) in [6.45, 7) is 3.65. The number of phenols is 1. The second-order valence-corrected chi connectivity index (χ2v) is 9.77. The Bertz CT molecular complexity index is 1270. The van der Waals surface area contributed by atoms with Crippen molar-refractivity contribution >= 4 is 39.5 Å². The fourth-order valence-corrected chi connectivity index (χ4v) is 5.94. The molecule has 1 fully saturated rings. The Hall–Kier alpha value is -3.39.